The molecule has 1 fully saturated rings. The van der Waals surface area contributed by atoms with Crippen LogP contribution in [-0.4, -0.2) is 56.0 Å². The van der Waals surface area contributed by atoms with Crippen molar-refractivity contribution in [3.63, 3.8) is 0 Å². The molecule has 1 saturated heterocycles. The Bertz CT molecular complexity index is 486. The van der Waals surface area contributed by atoms with Crippen LogP contribution in [0.25, 0.3) is 0 Å². The van der Waals surface area contributed by atoms with Gasteiger partial charge in [0.05, 0.1) is 13.2 Å². The van der Waals surface area contributed by atoms with Gasteiger partial charge in [-0.05, 0) is 25.5 Å². The summed E-state index contributed by atoms with van der Waals surface area (Å²) in [5, 5.41) is 3.89. The predicted molar refractivity (Wildman–Crippen MR) is 115 cm³/mol. The van der Waals surface area contributed by atoms with Gasteiger partial charge < -0.3 is 15.0 Å². The highest BCUT2D eigenvalue weighted by molar-refractivity contribution is 14.0. The number of guanidine groups is 1. The highest BCUT2D eigenvalue weighted by Crippen LogP contribution is 2.23. The molecule has 1 aliphatic heterocycles. The summed E-state index contributed by atoms with van der Waals surface area (Å²) in [5.74, 6) is 1.67. The number of ether oxygens (including phenoxy) is 1. The van der Waals surface area contributed by atoms with Gasteiger partial charge in [0.15, 0.2) is 5.96 Å². The van der Waals surface area contributed by atoms with Crippen LogP contribution in [0.1, 0.15) is 20.3 Å². The monoisotopic (exact) mass is 463 g/mol. The summed E-state index contributed by atoms with van der Waals surface area (Å²) >= 11 is 1.88. The SMILES string of the molecule is CCNC(=NCC(C)Sc1ccccc1)N1CCC(COC)C1.I. The first-order chi connectivity index (χ1) is 11.2. The quantitative estimate of drug-likeness (QED) is 0.290. The van der Waals surface area contributed by atoms with Gasteiger partial charge in [-0.2, -0.15) is 0 Å². The number of hydrogen-bond donors (Lipinski definition) is 1. The van der Waals surface area contributed by atoms with Crippen LogP contribution < -0.4 is 5.32 Å². The lowest BCUT2D eigenvalue weighted by Crippen LogP contribution is -2.40. The molecule has 0 spiro atoms. The molecule has 0 radical (unpaired) electrons. The van der Waals surface area contributed by atoms with Gasteiger partial charge in [0.1, 0.15) is 0 Å². The molecule has 2 rings (SSSR count). The molecule has 0 saturated carbocycles. The zero-order chi connectivity index (χ0) is 16.5. The molecule has 2 unspecified atom stereocenters. The van der Waals surface area contributed by atoms with Crippen LogP contribution in [0.15, 0.2) is 40.2 Å². The average Bonchev–Trinajstić information content (AvgIpc) is 3.01. The molecule has 1 N–H and O–H groups in total. The molecule has 6 heteroatoms. The first-order valence-corrected chi connectivity index (χ1v) is 9.34. The summed E-state index contributed by atoms with van der Waals surface area (Å²) in [6.45, 7) is 9.05. The van der Waals surface area contributed by atoms with Crippen LogP contribution in [0.3, 0.4) is 0 Å². The highest BCUT2D eigenvalue weighted by atomic mass is 127. The number of nitrogens with one attached hydrogen (secondary N) is 1. The van der Waals surface area contributed by atoms with Gasteiger partial charge in [-0.1, -0.05) is 25.1 Å². The fourth-order valence-corrected chi connectivity index (χ4v) is 3.73. The van der Waals surface area contributed by atoms with Crippen molar-refractivity contribution < 1.29 is 4.74 Å². The topological polar surface area (TPSA) is 36.9 Å². The molecule has 0 bridgehead atoms. The predicted octanol–water partition coefficient (Wildman–Crippen LogP) is 3.72. The number of methoxy groups -OCH3 is 1. The number of halogens is 1. The summed E-state index contributed by atoms with van der Waals surface area (Å²) in [5.41, 5.74) is 0. The van der Waals surface area contributed by atoms with E-state index in [2.05, 4.69) is 54.4 Å². The first kappa shape index (κ1) is 21.6. The third-order valence-electron chi connectivity index (χ3n) is 3.90. The minimum atomic E-state index is 0. The number of benzene rings is 1. The van der Waals surface area contributed by atoms with Crippen LogP contribution in [0, 0.1) is 5.92 Å². The Morgan fingerprint density at radius 3 is 2.83 bits per heavy atom. The molecule has 136 valence electrons. The Kier molecular flexibility index (Phi) is 10.8. The van der Waals surface area contributed by atoms with Crippen LogP contribution in [0.2, 0.25) is 0 Å². The Balaban J connectivity index is 0.00000288. The molecule has 1 heterocycles. The number of hydrogen-bond acceptors (Lipinski definition) is 3. The van der Waals surface area contributed by atoms with Gasteiger partial charge in [-0.25, -0.2) is 0 Å². The maximum Gasteiger partial charge on any atom is 0.193 e. The van der Waals surface area contributed by atoms with E-state index in [0.717, 1.165) is 38.7 Å². The summed E-state index contributed by atoms with van der Waals surface area (Å²) in [4.78, 5) is 8.53. The van der Waals surface area contributed by atoms with Crippen molar-refractivity contribution in [2.24, 2.45) is 10.9 Å². The van der Waals surface area contributed by atoms with E-state index in [1.54, 1.807) is 7.11 Å². The maximum absolute atomic E-state index is 5.29. The van der Waals surface area contributed by atoms with Crippen molar-refractivity contribution in [2.75, 3.05) is 39.9 Å². The van der Waals surface area contributed by atoms with Gasteiger partial charge in [0, 0.05) is 42.8 Å². The van der Waals surface area contributed by atoms with Crippen LogP contribution in [0.5, 0.6) is 0 Å². The lowest BCUT2D eigenvalue weighted by atomic mass is 10.1. The molecule has 0 amide bonds. The summed E-state index contributed by atoms with van der Waals surface area (Å²) in [7, 11) is 1.78. The van der Waals surface area contributed by atoms with E-state index in [9.17, 15) is 0 Å². The minimum Gasteiger partial charge on any atom is -0.384 e. The molecule has 24 heavy (non-hydrogen) atoms. The van der Waals surface area contributed by atoms with Crippen molar-refractivity contribution >= 4 is 41.7 Å². The number of aliphatic imine (C=N–C) groups is 1. The van der Waals surface area contributed by atoms with Gasteiger partial charge in [-0.15, -0.1) is 35.7 Å². The number of rotatable bonds is 7. The normalized spacial score (nSPS) is 19.0. The molecular weight excluding hydrogens is 433 g/mol. The van der Waals surface area contributed by atoms with E-state index in [-0.39, 0.29) is 24.0 Å². The third-order valence-corrected chi connectivity index (χ3v) is 5.00. The van der Waals surface area contributed by atoms with E-state index in [0.29, 0.717) is 11.2 Å². The second-order valence-electron chi connectivity index (χ2n) is 5.99. The molecule has 1 aliphatic rings. The number of nitrogens with zero attached hydrogens (tertiary/aromatic N) is 2. The first-order valence-electron chi connectivity index (χ1n) is 8.46. The van der Waals surface area contributed by atoms with Crippen molar-refractivity contribution in [3.05, 3.63) is 30.3 Å². The maximum atomic E-state index is 5.29. The minimum absolute atomic E-state index is 0. The highest BCUT2D eigenvalue weighted by Gasteiger charge is 2.24. The lowest BCUT2D eigenvalue weighted by Gasteiger charge is -2.22. The van der Waals surface area contributed by atoms with Gasteiger partial charge in [0.2, 0.25) is 0 Å². The fourth-order valence-electron chi connectivity index (χ4n) is 2.81. The third kappa shape index (κ3) is 7.19. The lowest BCUT2D eigenvalue weighted by molar-refractivity contribution is 0.157. The Labute approximate surface area is 167 Å². The molecule has 1 aromatic rings. The van der Waals surface area contributed by atoms with E-state index in [1.165, 1.54) is 11.3 Å². The second kappa shape index (κ2) is 12.0. The zero-order valence-corrected chi connectivity index (χ0v) is 18.1. The smallest absolute Gasteiger partial charge is 0.193 e. The van der Waals surface area contributed by atoms with E-state index in [1.807, 2.05) is 11.8 Å². The molecule has 1 aromatic carbocycles. The van der Waals surface area contributed by atoms with Crippen molar-refractivity contribution in [2.45, 2.75) is 30.4 Å². The largest absolute Gasteiger partial charge is 0.384 e. The Hall–Kier alpha value is -0.470. The Morgan fingerprint density at radius 1 is 1.42 bits per heavy atom. The van der Waals surface area contributed by atoms with E-state index >= 15 is 0 Å². The average molecular weight is 463 g/mol. The van der Waals surface area contributed by atoms with Gasteiger partial charge >= 0.3 is 0 Å². The van der Waals surface area contributed by atoms with Crippen molar-refractivity contribution in [1.29, 1.82) is 0 Å². The zero-order valence-electron chi connectivity index (χ0n) is 14.9. The van der Waals surface area contributed by atoms with Crippen LogP contribution >= 0.6 is 35.7 Å². The van der Waals surface area contributed by atoms with E-state index in [4.69, 9.17) is 9.73 Å². The van der Waals surface area contributed by atoms with E-state index < -0.39 is 0 Å². The van der Waals surface area contributed by atoms with Crippen molar-refractivity contribution in [3.8, 4) is 0 Å². The standard InChI is InChI=1S/C18H29N3OS.HI/c1-4-19-18(21-11-10-16(13-21)14-22-3)20-12-15(2)23-17-8-6-5-7-9-17;/h5-9,15-16H,4,10-14H2,1-3H3,(H,19,20);1H. The molecular formula is C18H30IN3OS. The molecule has 4 nitrogen and oxygen atoms in total. The van der Waals surface area contributed by atoms with Gasteiger partial charge in [0.25, 0.3) is 0 Å². The molecule has 2 atom stereocenters. The molecule has 0 aromatic heterocycles. The summed E-state index contributed by atoms with van der Waals surface area (Å²) < 4.78 is 5.29. The molecule has 0 aliphatic carbocycles. The number of thioether (sulfide) groups is 1. The second-order valence-corrected chi connectivity index (χ2v) is 7.50. The Morgan fingerprint density at radius 2 is 2.17 bits per heavy atom. The van der Waals surface area contributed by atoms with Crippen LogP contribution in [0.4, 0.5) is 0 Å². The fraction of sp³-hybridized carbons (Fsp3) is 0.611. The van der Waals surface area contributed by atoms with Crippen molar-refractivity contribution in [1.82, 2.24) is 10.2 Å². The van der Waals surface area contributed by atoms with Gasteiger partial charge in [-0.3, -0.25) is 4.99 Å². The van der Waals surface area contributed by atoms with Crippen LogP contribution in [-0.2, 0) is 4.74 Å². The summed E-state index contributed by atoms with van der Waals surface area (Å²) in [6, 6.07) is 10.5. The number of likely N-dealkylation sites (tertiary alicyclic amines) is 1. The summed E-state index contributed by atoms with van der Waals surface area (Å²) in [6.07, 6.45) is 1.19.